The van der Waals surface area contributed by atoms with Crippen molar-refractivity contribution in [3.05, 3.63) is 133 Å². The molecule has 0 saturated heterocycles. The lowest BCUT2D eigenvalue weighted by molar-refractivity contribution is 1.06. The Morgan fingerprint density at radius 2 is 1.00 bits per heavy atom. The first-order valence-electron chi connectivity index (χ1n) is 12.7. The summed E-state index contributed by atoms with van der Waals surface area (Å²) in [6, 6.07) is 44.5. The molecule has 0 bridgehead atoms. The van der Waals surface area contributed by atoms with Crippen LogP contribution in [0.2, 0.25) is 0 Å². The number of hydrogen-bond donors (Lipinski definition) is 0. The number of rotatable bonds is 4. The predicted molar refractivity (Wildman–Crippen MR) is 162 cm³/mol. The van der Waals surface area contributed by atoms with E-state index in [1.165, 1.54) is 0 Å². The Bertz CT molecular complexity index is 1910. The van der Waals surface area contributed by atoms with Gasteiger partial charge in [-0.15, -0.1) is 0 Å². The summed E-state index contributed by atoms with van der Waals surface area (Å²) in [6.07, 6.45) is 0. The Labute approximate surface area is 232 Å². The fraction of sp³-hybridized carbons (Fsp3) is 0.0286. The van der Waals surface area contributed by atoms with Crippen molar-refractivity contribution in [2.75, 3.05) is 0 Å². The van der Waals surface area contributed by atoms with Gasteiger partial charge < -0.3 is 4.57 Å². The monoisotopic (exact) mass is 515 g/mol. The summed E-state index contributed by atoms with van der Waals surface area (Å²) < 4.78 is 2.23. The Morgan fingerprint density at radius 3 is 1.52 bits per heavy atom. The molecular formula is C35H25N5. The van der Waals surface area contributed by atoms with E-state index in [2.05, 4.69) is 47.0 Å². The van der Waals surface area contributed by atoms with Crippen LogP contribution in [-0.4, -0.2) is 19.5 Å². The van der Waals surface area contributed by atoms with E-state index in [9.17, 15) is 5.26 Å². The van der Waals surface area contributed by atoms with E-state index in [1.807, 2.05) is 91.0 Å². The van der Waals surface area contributed by atoms with Crippen LogP contribution >= 0.6 is 0 Å². The number of para-hydroxylation sites is 2. The van der Waals surface area contributed by atoms with Crippen molar-refractivity contribution in [1.82, 2.24) is 19.5 Å². The van der Waals surface area contributed by atoms with Gasteiger partial charge in [-0.1, -0.05) is 104 Å². The second kappa shape index (κ2) is 10.3. The summed E-state index contributed by atoms with van der Waals surface area (Å²) in [7, 11) is 0. The van der Waals surface area contributed by atoms with Gasteiger partial charge >= 0.3 is 0 Å². The molecule has 5 nitrogen and oxygen atoms in total. The van der Waals surface area contributed by atoms with E-state index in [0.717, 1.165) is 44.2 Å². The lowest BCUT2D eigenvalue weighted by Crippen LogP contribution is -2.04. The SMILES string of the molecule is C.N#Cc1ccc(-n2c3ccccc3c3ccccc32)c(-c2nc(-c3ccccc3)nc(-c3ccccc3)n2)c1. The number of aromatic nitrogens is 4. The Balaban J connectivity index is 0.00000289. The molecule has 190 valence electrons. The van der Waals surface area contributed by atoms with Crippen molar-refractivity contribution >= 4 is 21.8 Å². The molecule has 0 unspecified atom stereocenters. The predicted octanol–water partition coefficient (Wildman–Crippen LogP) is 8.48. The van der Waals surface area contributed by atoms with Gasteiger partial charge in [0.05, 0.1) is 28.4 Å². The zero-order valence-electron chi connectivity index (χ0n) is 20.9. The van der Waals surface area contributed by atoms with E-state index in [4.69, 9.17) is 15.0 Å². The molecular weight excluding hydrogens is 490 g/mol. The minimum absolute atomic E-state index is 0. The molecule has 0 N–H and O–H groups in total. The Morgan fingerprint density at radius 1 is 0.525 bits per heavy atom. The molecule has 0 aliphatic carbocycles. The zero-order valence-corrected chi connectivity index (χ0v) is 20.9. The summed E-state index contributed by atoms with van der Waals surface area (Å²) in [5.41, 5.74) is 6.14. The first-order chi connectivity index (χ1) is 19.3. The number of fused-ring (bicyclic) bond motifs is 3. The molecule has 0 amide bonds. The molecule has 2 heterocycles. The Kier molecular flexibility index (Phi) is 6.35. The van der Waals surface area contributed by atoms with Gasteiger partial charge in [-0.3, -0.25) is 0 Å². The van der Waals surface area contributed by atoms with Gasteiger partial charge in [0.2, 0.25) is 0 Å². The second-order valence-electron chi connectivity index (χ2n) is 9.25. The van der Waals surface area contributed by atoms with Crippen molar-refractivity contribution in [2.45, 2.75) is 7.43 Å². The van der Waals surface area contributed by atoms with Gasteiger partial charge in [-0.05, 0) is 30.3 Å². The highest BCUT2D eigenvalue weighted by molar-refractivity contribution is 6.09. The van der Waals surface area contributed by atoms with Gasteiger partial charge in [0.1, 0.15) is 0 Å². The van der Waals surface area contributed by atoms with Crippen LogP contribution in [0.3, 0.4) is 0 Å². The van der Waals surface area contributed by atoms with E-state index >= 15 is 0 Å². The van der Waals surface area contributed by atoms with Crippen LogP contribution in [0.15, 0.2) is 127 Å². The van der Waals surface area contributed by atoms with Crippen LogP contribution in [0, 0.1) is 11.3 Å². The average molecular weight is 516 g/mol. The highest BCUT2D eigenvalue weighted by atomic mass is 15.1. The normalized spacial score (nSPS) is 10.8. The number of nitriles is 1. The highest BCUT2D eigenvalue weighted by Gasteiger charge is 2.19. The highest BCUT2D eigenvalue weighted by Crippen LogP contribution is 2.36. The van der Waals surface area contributed by atoms with Crippen LogP contribution in [-0.2, 0) is 0 Å². The van der Waals surface area contributed by atoms with Crippen molar-refractivity contribution in [1.29, 1.82) is 5.26 Å². The van der Waals surface area contributed by atoms with Crippen LogP contribution in [0.4, 0.5) is 0 Å². The van der Waals surface area contributed by atoms with Crippen molar-refractivity contribution in [2.24, 2.45) is 0 Å². The third kappa shape index (κ3) is 4.18. The molecule has 40 heavy (non-hydrogen) atoms. The molecule has 0 aliphatic heterocycles. The maximum atomic E-state index is 9.83. The largest absolute Gasteiger partial charge is 0.309 e. The maximum absolute atomic E-state index is 9.83. The second-order valence-corrected chi connectivity index (χ2v) is 9.25. The minimum atomic E-state index is 0. The summed E-state index contributed by atoms with van der Waals surface area (Å²) in [5, 5.41) is 12.2. The van der Waals surface area contributed by atoms with Crippen LogP contribution in [0.25, 0.3) is 61.7 Å². The van der Waals surface area contributed by atoms with Gasteiger partial charge in [-0.2, -0.15) is 5.26 Å². The lowest BCUT2D eigenvalue weighted by atomic mass is 10.1. The molecule has 0 aliphatic rings. The average Bonchev–Trinajstić information content (AvgIpc) is 3.35. The molecule has 5 heteroatoms. The standard InChI is InChI=1S/C34H21N5.CH4/c35-22-23-19-20-31(39-29-17-9-7-15-26(29)27-16-8-10-18-30(27)39)28(21-23)34-37-32(24-11-3-1-4-12-24)36-33(38-34)25-13-5-2-6-14-25;/h1-21H;1H4. The Hall–Kier alpha value is -5.60. The lowest BCUT2D eigenvalue weighted by Gasteiger charge is -2.15. The fourth-order valence-corrected chi connectivity index (χ4v) is 5.09. The molecule has 0 spiro atoms. The number of hydrogen-bond acceptors (Lipinski definition) is 4. The van der Waals surface area contributed by atoms with Crippen molar-refractivity contribution in [3.8, 4) is 45.9 Å². The fourth-order valence-electron chi connectivity index (χ4n) is 5.09. The molecule has 0 atom stereocenters. The van der Waals surface area contributed by atoms with E-state index in [0.29, 0.717) is 23.0 Å². The van der Waals surface area contributed by atoms with E-state index in [-0.39, 0.29) is 7.43 Å². The topological polar surface area (TPSA) is 67.4 Å². The van der Waals surface area contributed by atoms with Crippen LogP contribution in [0.1, 0.15) is 13.0 Å². The third-order valence-corrected chi connectivity index (χ3v) is 6.89. The zero-order chi connectivity index (χ0) is 26.2. The summed E-state index contributed by atoms with van der Waals surface area (Å²) >= 11 is 0. The van der Waals surface area contributed by atoms with Gasteiger partial charge in [0.15, 0.2) is 17.5 Å². The van der Waals surface area contributed by atoms with Crippen LogP contribution < -0.4 is 0 Å². The summed E-state index contributed by atoms with van der Waals surface area (Å²) in [4.78, 5) is 14.8. The van der Waals surface area contributed by atoms with Crippen LogP contribution in [0.5, 0.6) is 0 Å². The number of benzene rings is 5. The van der Waals surface area contributed by atoms with E-state index < -0.39 is 0 Å². The minimum Gasteiger partial charge on any atom is -0.309 e. The number of nitrogens with zero attached hydrogens (tertiary/aromatic N) is 5. The smallest absolute Gasteiger partial charge is 0.166 e. The molecule has 7 rings (SSSR count). The summed E-state index contributed by atoms with van der Waals surface area (Å²) in [6.45, 7) is 0. The first kappa shape index (κ1) is 24.7. The van der Waals surface area contributed by atoms with Gasteiger partial charge in [0, 0.05) is 27.5 Å². The van der Waals surface area contributed by atoms with Gasteiger partial charge in [0.25, 0.3) is 0 Å². The van der Waals surface area contributed by atoms with Crippen molar-refractivity contribution < 1.29 is 0 Å². The third-order valence-electron chi connectivity index (χ3n) is 6.89. The molecule has 2 aromatic heterocycles. The maximum Gasteiger partial charge on any atom is 0.166 e. The molecule has 0 radical (unpaired) electrons. The first-order valence-corrected chi connectivity index (χ1v) is 12.7. The van der Waals surface area contributed by atoms with Gasteiger partial charge in [-0.25, -0.2) is 15.0 Å². The van der Waals surface area contributed by atoms with E-state index in [1.54, 1.807) is 0 Å². The quantitative estimate of drug-likeness (QED) is 0.236. The molecule has 0 saturated carbocycles. The summed E-state index contributed by atoms with van der Waals surface area (Å²) in [5.74, 6) is 1.67. The molecule has 7 aromatic rings. The van der Waals surface area contributed by atoms with Crippen molar-refractivity contribution in [3.63, 3.8) is 0 Å². The molecule has 5 aromatic carbocycles. The molecule has 0 fully saturated rings.